The van der Waals surface area contributed by atoms with E-state index in [-0.39, 0.29) is 18.1 Å². The van der Waals surface area contributed by atoms with E-state index in [9.17, 15) is 18.0 Å². The fraction of sp³-hybridized carbons (Fsp3) is 0.400. The molecule has 0 bridgehead atoms. The van der Waals surface area contributed by atoms with E-state index >= 15 is 0 Å². The quantitative estimate of drug-likeness (QED) is 0.516. The molecule has 6 nitrogen and oxygen atoms in total. The lowest BCUT2D eigenvalue weighted by molar-refractivity contribution is -0.0953. The number of hydrogen-bond donors (Lipinski definition) is 0. The maximum absolute atomic E-state index is 13.4. The Bertz CT molecular complexity index is 1110. The van der Waals surface area contributed by atoms with Gasteiger partial charge in [0.15, 0.2) is 0 Å². The number of benzene rings is 1. The van der Waals surface area contributed by atoms with Crippen LogP contribution >= 0.6 is 0 Å². The van der Waals surface area contributed by atoms with Crippen molar-refractivity contribution >= 4 is 11.7 Å². The van der Waals surface area contributed by atoms with Crippen molar-refractivity contribution in [2.24, 2.45) is 5.92 Å². The first-order valence-corrected chi connectivity index (χ1v) is 11.3. The van der Waals surface area contributed by atoms with Crippen LogP contribution in [0.5, 0.6) is 5.75 Å². The number of allylic oxidation sites excluding steroid dienone is 3. The van der Waals surface area contributed by atoms with E-state index in [0.29, 0.717) is 44.1 Å². The van der Waals surface area contributed by atoms with Gasteiger partial charge < -0.3 is 14.4 Å². The molecule has 0 saturated heterocycles. The van der Waals surface area contributed by atoms with E-state index in [4.69, 9.17) is 9.47 Å². The van der Waals surface area contributed by atoms with E-state index in [1.165, 1.54) is 0 Å². The van der Waals surface area contributed by atoms with Gasteiger partial charge in [-0.2, -0.15) is 13.2 Å². The number of amides is 1. The Morgan fingerprint density at radius 2 is 2.00 bits per heavy atom. The highest BCUT2D eigenvalue weighted by atomic mass is 19.4. The van der Waals surface area contributed by atoms with Crippen LogP contribution in [0.4, 0.5) is 18.0 Å². The lowest BCUT2D eigenvalue weighted by Crippen LogP contribution is -2.38. The summed E-state index contributed by atoms with van der Waals surface area (Å²) in [5.74, 6) is 0.941. The second-order valence-electron chi connectivity index (χ2n) is 8.43. The number of alkyl halides is 3. The van der Waals surface area contributed by atoms with Gasteiger partial charge in [-0.3, -0.25) is 0 Å². The number of carbonyl (C=O) groups excluding carboxylic acids is 1. The van der Waals surface area contributed by atoms with Crippen LogP contribution < -0.4 is 4.74 Å². The Labute approximate surface area is 196 Å². The lowest BCUT2D eigenvalue weighted by Gasteiger charge is -2.30. The summed E-state index contributed by atoms with van der Waals surface area (Å²) < 4.78 is 51.5. The predicted molar refractivity (Wildman–Crippen MR) is 120 cm³/mol. The van der Waals surface area contributed by atoms with Crippen LogP contribution in [-0.2, 0) is 17.7 Å². The summed E-state index contributed by atoms with van der Waals surface area (Å²) in [4.78, 5) is 22.4. The Balaban J connectivity index is 1.62. The molecule has 2 aliphatic rings. The fourth-order valence-electron chi connectivity index (χ4n) is 4.19. The predicted octanol–water partition coefficient (Wildman–Crippen LogP) is 5.70. The second kappa shape index (κ2) is 9.87. The number of fused-ring (bicyclic) bond motifs is 1. The molecule has 2 heterocycles. The van der Waals surface area contributed by atoms with E-state index < -0.39 is 17.8 Å². The van der Waals surface area contributed by atoms with Crippen LogP contribution in [0, 0.1) is 5.92 Å². The summed E-state index contributed by atoms with van der Waals surface area (Å²) in [5, 5.41) is 0. The first-order valence-electron chi connectivity index (χ1n) is 11.3. The molecule has 1 atom stereocenters. The molecule has 0 radical (unpaired) electrons. The fourth-order valence-corrected chi connectivity index (χ4v) is 4.19. The SMILES string of the molecule is CCCOC1=C(c2ccc3c(c2)CN(CCc2ncccn2)C(=O)O3)C(C)CC(C(F)(F)F)=C1. The minimum Gasteiger partial charge on any atom is -0.493 e. The third-order valence-electron chi connectivity index (χ3n) is 5.83. The Morgan fingerprint density at radius 3 is 2.71 bits per heavy atom. The first kappa shape index (κ1) is 23.8. The minimum atomic E-state index is -4.40. The molecule has 1 unspecified atom stereocenters. The molecule has 1 aromatic heterocycles. The Morgan fingerprint density at radius 1 is 1.24 bits per heavy atom. The van der Waals surface area contributed by atoms with Crippen molar-refractivity contribution in [2.45, 2.75) is 45.8 Å². The monoisotopic (exact) mass is 473 g/mol. The number of carbonyl (C=O) groups is 1. The molecule has 2 aromatic rings. The summed E-state index contributed by atoms with van der Waals surface area (Å²) in [7, 11) is 0. The molecule has 0 fully saturated rings. The third kappa shape index (κ3) is 5.24. The molecule has 0 saturated carbocycles. The second-order valence-corrected chi connectivity index (χ2v) is 8.43. The van der Waals surface area contributed by atoms with Gasteiger partial charge in [-0.05, 0) is 48.6 Å². The van der Waals surface area contributed by atoms with Gasteiger partial charge in [0.05, 0.1) is 13.2 Å². The first-order chi connectivity index (χ1) is 16.3. The van der Waals surface area contributed by atoms with E-state index in [1.54, 1.807) is 42.4 Å². The van der Waals surface area contributed by atoms with Gasteiger partial charge in [0.25, 0.3) is 0 Å². The summed E-state index contributed by atoms with van der Waals surface area (Å²) in [6, 6.07) is 7.07. The molecule has 9 heteroatoms. The molecular formula is C25H26F3N3O3. The maximum Gasteiger partial charge on any atom is 0.415 e. The normalized spacial score (nSPS) is 18.4. The van der Waals surface area contributed by atoms with Gasteiger partial charge in [0.1, 0.15) is 17.3 Å². The average Bonchev–Trinajstić information content (AvgIpc) is 2.81. The van der Waals surface area contributed by atoms with E-state index in [2.05, 4.69) is 9.97 Å². The topological polar surface area (TPSA) is 64.5 Å². The highest BCUT2D eigenvalue weighted by Gasteiger charge is 2.38. The van der Waals surface area contributed by atoms with Gasteiger partial charge >= 0.3 is 12.3 Å². The molecule has 1 aromatic carbocycles. The van der Waals surface area contributed by atoms with Gasteiger partial charge in [-0.15, -0.1) is 0 Å². The zero-order valence-corrected chi connectivity index (χ0v) is 19.1. The number of halogens is 3. The number of ether oxygens (including phenoxy) is 2. The smallest absolute Gasteiger partial charge is 0.415 e. The van der Waals surface area contributed by atoms with Crippen molar-refractivity contribution in [3.05, 3.63) is 71.0 Å². The summed E-state index contributed by atoms with van der Waals surface area (Å²) in [6.45, 7) is 4.71. The lowest BCUT2D eigenvalue weighted by atomic mass is 9.82. The van der Waals surface area contributed by atoms with Gasteiger partial charge in [-0.25, -0.2) is 14.8 Å². The summed E-state index contributed by atoms with van der Waals surface area (Å²) in [5.41, 5.74) is 1.69. The number of hydrogen-bond acceptors (Lipinski definition) is 5. The zero-order valence-electron chi connectivity index (χ0n) is 19.1. The van der Waals surface area contributed by atoms with Gasteiger partial charge in [-0.1, -0.05) is 19.9 Å². The summed E-state index contributed by atoms with van der Waals surface area (Å²) in [6.07, 6.45) is 0.611. The van der Waals surface area contributed by atoms with E-state index in [1.807, 2.05) is 13.0 Å². The van der Waals surface area contributed by atoms with Crippen molar-refractivity contribution in [3.63, 3.8) is 0 Å². The number of rotatable bonds is 7. The van der Waals surface area contributed by atoms with Crippen molar-refractivity contribution in [2.75, 3.05) is 13.2 Å². The minimum absolute atomic E-state index is 0.118. The average molecular weight is 473 g/mol. The van der Waals surface area contributed by atoms with Crippen molar-refractivity contribution in [1.29, 1.82) is 0 Å². The third-order valence-corrected chi connectivity index (χ3v) is 5.83. The maximum atomic E-state index is 13.4. The molecule has 1 amide bonds. The molecule has 0 N–H and O–H groups in total. The largest absolute Gasteiger partial charge is 0.493 e. The molecular weight excluding hydrogens is 447 g/mol. The van der Waals surface area contributed by atoms with E-state index in [0.717, 1.165) is 22.8 Å². The molecule has 1 aliphatic heterocycles. The van der Waals surface area contributed by atoms with Gasteiger partial charge in [0, 0.05) is 42.1 Å². The molecule has 1 aliphatic carbocycles. The highest BCUT2D eigenvalue weighted by Crippen LogP contribution is 2.43. The highest BCUT2D eigenvalue weighted by molar-refractivity contribution is 5.77. The summed E-state index contributed by atoms with van der Waals surface area (Å²) >= 11 is 0. The van der Waals surface area contributed by atoms with Crippen LogP contribution in [0.3, 0.4) is 0 Å². The molecule has 4 rings (SSSR count). The van der Waals surface area contributed by atoms with Crippen molar-refractivity contribution in [3.8, 4) is 5.75 Å². The van der Waals surface area contributed by atoms with Crippen LogP contribution in [0.1, 0.15) is 43.6 Å². The van der Waals surface area contributed by atoms with Crippen LogP contribution in [-0.4, -0.2) is 40.3 Å². The Kier molecular flexibility index (Phi) is 6.90. The molecule has 180 valence electrons. The standard InChI is InChI=1S/C25H26F3N3O3/c1-3-11-33-21-14-19(25(26,27)28)12-16(2)23(21)17-5-6-20-18(13-17)15-31(24(32)34-20)10-7-22-29-8-4-9-30-22/h4-6,8-9,13-14,16H,3,7,10-12,15H2,1-2H3. The van der Waals surface area contributed by atoms with Crippen LogP contribution in [0.2, 0.25) is 0 Å². The zero-order chi connectivity index (χ0) is 24.3. The number of nitrogens with zero attached hydrogens (tertiary/aromatic N) is 3. The Hall–Kier alpha value is -3.36. The van der Waals surface area contributed by atoms with Crippen molar-refractivity contribution < 1.29 is 27.4 Å². The number of aromatic nitrogens is 2. The van der Waals surface area contributed by atoms with Crippen LogP contribution in [0.15, 0.2) is 54.1 Å². The molecule has 0 spiro atoms. The van der Waals surface area contributed by atoms with Crippen molar-refractivity contribution in [1.82, 2.24) is 14.9 Å². The van der Waals surface area contributed by atoms with Gasteiger partial charge in [0.2, 0.25) is 0 Å². The molecule has 34 heavy (non-hydrogen) atoms. The van der Waals surface area contributed by atoms with Crippen LogP contribution in [0.25, 0.3) is 5.57 Å².